The molecule has 3 rings (SSSR count). The number of imidazole rings is 1. The van der Waals surface area contributed by atoms with Crippen LogP contribution in [0.15, 0.2) is 6.33 Å². The normalized spacial score (nSPS) is 20.2. The summed E-state index contributed by atoms with van der Waals surface area (Å²) in [4.78, 5) is 65.6. The van der Waals surface area contributed by atoms with Gasteiger partial charge in [0.15, 0.2) is 35.4 Å². The standard InChI is InChI=1S/C30H44ClN5O12/c1-27(2,3)45-23(38)36(24(39)46-28(4,5)6)20-16-19(33-22(31)34-20)35(14-32-16)21-18(44-26(41)48-30(10,11)12)17(15(13-37)42-21)43-25(40)47-29(7,8)9/h14-15,17-18,21,37H,13H2,1-12H3/t15-,17-,18-,21-/m1/s1. The quantitative estimate of drug-likeness (QED) is 0.226. The third kappa shape index (κ3) is 10.3. The minimum absolute atomic E-state index is 0.112. The zero-order chi connectivity index (χ0) is 36.6. The highest BCUT2D eigenvalue weighted by molar-refractivity contribution is 6.29. The molecule has 0 aromatic carbocycles. The Morgan fingerprint density at radius 3 is 1.69 bits per heavy atom. The number of rotatable bonds is 5. The smallest absolute Gasteiger partial charge is 0.443 e. The number of ether oxygens (including phenoxy) is 7. The number of anilines is 1. The van der Waals surface area contributed by atoms with E-state index in [1.807, 2.05) is 0 Å². The van der Waals surface area contributed by atoms with Crippen LogP contribution in [0, 0.1) is 0 Å². The van der Waals surface area contributed by atoms with E-state index in [1.165, 1.54) is 10.9 Å². The number of aliphatic hydroxyl groups excluding tert-OH is 1. The summed E-state index contributed by atoms with van der Waals surface area (Å²) >= 11 is 6.32. The molecule has 0 radical (unpaired) electrons. The van der Waals surface area contributed by atoms with Crippen LogP contribution in [0.3, 0.4) is 0 Å². The molecule has 2 amide bonds. The van der Waals surface area contributed by atoms with Crippen LogP contribution in [-0.4, -0.2) is 96.4 Å². The third-order valence-corrected chi connectivity index (χ3v) is 5.89. The number of halogens is 1. The number of fused-ring (bicyclic) bond motifs is 1. The molecule has 3 heterocycles. The second-order valence-electron chi connectivity index (χ2n) is 14.8. The summed E-state index contributed by atoms with van der Waals surface area (Å²) in [5, 5.41) is 9.78. The van der Waals surface area contributed by atoms with E-state index in [4.69, 9.17) is 44.8 Å². The summed E-state index contributed by atoms with van der Waals surface area (Å²) < 4.78 is 39.9. The number of nitrogens with zero attached hydrogens (tertiary/aromatic N) is 5. The fourth-order valence-corrected chi connectivity index (χ4v) is 4.36. The van der Waals surface area contributed by atoms with E-state index < -0.39 is 89.1 Å². The highest BCUT2D eigenvalue weighted by atomic mass is 35.5. The maximum Gasteiger partial charge on any atom is 0.509 e. The number of carbonyl (C=O) groups excluding carboxylic acids is 4. The zero-order valence-electron chi connectivity index (χ0n) is 29.1. The molecule has 2 aromatic rings. The van der Waals surface area contributed by atoms with Crippen molar-refractivity contribution in [1.82, 2.24) is 19.5 Å². The molecule has 48 heavy (non-hydrogen) atoms. The van der Waals surface area contributed by atoms with E-state index in [9.17, 15) is 24.3 Å². The Balaban J connectivity index is 2.18. The van der Waals surface area contributed by atoms with Gasteiger partial charge in [0.05, 0.1) is 12.9 Å². The lowest BCUT2D eigenvalue weighted by atomic mass is 10.1. The first kappa shape index (κ1) is 38.5. The van der Waals surface area contributed by atoms with E-state index in [0.717, 1.165) is 0 Å². The van der Waals surface area contributed by atoms with Crippen molar-refractivity contribution in [3.63, 3.8) is 0 Å². The first-order chi connectivity index (χ1) is 21.8. The van der Waals surface area contributed by atoms with E-state index >= 15 is 0 Å². The van der Waals surface area contributed by atoms with Crippen molar-refractivity contribution in [3.8, 4) is 0 Å². The van der Waals surface area contributed by atoms with Gasteiger partial charge in [-0.2, -0.15) is 14.9 Å². The van der Waals surface area contributed by atoms with Gasteiger partial charge in [0.1, 0.15) is 28.5 Å². The molecule has 4 atom stereocenters. The summed E-state index contributed by atoms with van der Waals surface area (Å²) in [6.07, 6.45) is -8.90. The van der Waals surface area contributed by atoms with Gasteiger partial charge in [0.2, 0.25) is 5.28 Å². The molecule has 0 saturated carbocycles. The minimum Gasteiger partial charge on any atom is -0.443 e. The predicted octanol–water partition coefficient (Wildman–Crippen LogP) is 5.69. The second kappa shape index (κ2) is 13.9. The number of aromatic nitrogens is 4. The molecule has 2 aromatic heterocycles. The molecule has 0 spiro atoms. The molecular weight excluding hydrogens is 658 g/mol. The molecule has 18 heteroatoms. The molecule has 268 valence electrons. The molecule has 17 nitrogen and oxygen atoms in total. The number of amides is 2. The highest BCUT2D eigenvalue weighted by Crippen LogP contribution is 2.38. The van der Waals surface area contributed by atoms with Gasteiger partial charge in [-0.3, -0.25) is 4.57 Å². The monoisotopic (exact) mass is 701 g/mol. The second-order valence-corrected chi connectivity index (χ2v) is 15.1. The number of aliphatic hydroxyl groups is 1. The molecule has 1 fully saturated rings. The lowest BCUT2D eigenvalue weighted by molar-refractivity contribution is -0.0869. The van der Waals surface area contributed by atoms with Crippen molar-refractivity contribution >= 4 is 53.1 Å². The molecule has 1 N–H and O–H groups in total. The molecule has 1 aliphatic rings. The van der Waals surface area contributed by atoms with Crippen LogP contribution in [0.5, 0.6) is 0 Å². The lowest BCUT2D eigenvalue weighted by Crippen LogP contribution is -2.44. The van der Waals surface area contributed by atoms with Crippen molar-refractivity contribution in [3.05, 3.63) is 11.6 Å². The molecular formula is C30H44ClN5O12. The highest BCUT2D eigenvalue weighted by Gasteiger charge is 2.52. The third-order valence-electron chi connectivity index (χ3n) is 5.72. The van der Waals surface area contributed by atoms with Crippen LogP contribution in [0.2, 0.25) is 5.28 Å². The summed E-state index contributed by atoms with van der Waals surface area (Å²) in [5.41, 5.74) is -4.22. The Bertz CT molecular complexity index is 1490. The fraction of sp³-hybridized carbons (Fsp3) is 0.700. The van der Waals surface area contributed by atoms with Gasteiger partial charge in [-0.15, -0.1) is 0 Å². The maximum atomic E-state index is 13.4. The van der Waals surface area contributed by atoms with Crippen molar-refractivity contribution < 1.29 is 57.4 Å². The van der Waals surface area contributed by atoms with E-state index in [-0.39, 0.29) is 11.2 Å². The van der Waals surface area contributed by atoms with Gasteiger partial charge in [-0.25, -0.2) is 24.2 Å². The fourth-order valence-electron chi connectivity index (χ4n) is 4.20. The van der Waals surface area contributed by atoms with Crippen LogP contribution in [-0.2, 0) is 33.2 Å². The first-order valence-corrected chi connectivity index (χ1v) is 15.4. The van der Waals surface area contributed by atoms with E-state index in [0.29, 0.717) is 4.90 Å². The predicted molar refractivity (Wildman–Crippen MR) is 168 cm³/mol. The molecule has 0 aliphatic carbocycles. The minimum atomic E-state index is -1.48. The first-order valence-electron chi connectivity index (χ1n) is 15.0. The van der Waals surface area contributed by atoms with Crippen LogP contribution in [0.25, 0.3) is 11.2 Å². The molecule has 1 saturated heterocycles. The van der Waals surface area contributed by atoms with Gasteiger partial charge in [-0.1, -0.05) is 0 Å². The zero-order valence-corrected chi connectivity index (χ0v) is 29.9. The topological polar surface area (TPSA) is 200 Å². The van der Waals surface area contributed by atoms with Crippen LogP contribution >= 0.6 is 11.6 Å². The van der Waals surface area contributed by atoms with Crippen molar-refractivity contribution in [1.29, 1.82) is 0 Å². The average Bonchev–Trinajstić information content (AvgIpc) is 3.40. The lowest BCUT2D eigenvalue weighted by Gasteiger charge is -2.28. The SMILES string of the molecule is CC(C)(C)OC(=O)O[C@@H]1[C@H](OC(=O)OC(C)(C)C)[C@@H](CO)O[C@H]1n1cnc2c(N(C(=O)OC(C)(C)C)C(=O)OC(C)(C)C)nc(Cl)nc21. The molecule has 0 unspecified atom stereocenters. The average molecular weight is 702 g/mol. The maximum absolute atomic E-state index is 13.4. The van der Waals surface area contributed by atoms with Gasteiger partial charge in [0.25, 0.3) is 0 Å². The van der Waals surface area contributed by atoms with E-state index in [2.05, 4.69) is 15.0 Å². The Morgan fingerprint density at radius 1 is 0.792 bits per heavy atom. The Morgan fingerprint density at radius 2 is 1.25 bits per heavy atom. The summed E-state index contributed by atoms with van der Waals surface area (Å²) in [5.74, 6) is -0.393. The molecule has 1 aliphatic heterocycles. The van der Waals surface area contributed by atoms with Crippen LogP contribution < -0.4 is 4.90 Å². The number of hydrogen-bond acceptors (Lipinski definition) is 15. The van der Waals surface area contributed by atoms with E-state index in [1.54, 1.807) is 83.1 Å². The van der Waals surface area contributed by atoms with Gasteiger partial charge < -0.3 is 38.3 Å². The van der Waals surface area contributed by atoms with Crippen LogP contribution in [0.1, 0.15) is 89.3 Å². The summed E-state index contributed by atoms with van der Waals surface area (Å²) in [6, 6.07) is 0. The number of imide groups is 1. The van der Waals surface area contributed by atoms with Gasteiger partial charge in [-0.05, 0) is 94.7 Å². The van der Waals surface area contributed by atoms with Crippen molar-refractivity contribution in [2.45, 2.75) is 130 Å². The van der Waals surface area contributed by atoms with Crippen molar-refractivity contribution in [2.24, 2.45) is 0 Å². The van der Waals surface area contributed by atoms with Crippen LogP contribution in [0.4, 0.5) is 25.0 Å². The summed E-state index contributed by atoms with van der Waals surface area (Å²) in [7, 11) is 0. The van der Waals surface area contributed by atoms with Gasteiger partial charge >= 0.3 is 24.5 Å². The van der Waals surface area contributed by atoms with Crippen molar-refractivity contribution in [2.75, 3.05) is 11.5 Å². The number of carbonyl (C=O) groups is 4. The van der Waals surface area contributed by atoms with Gasteiger partial charge in [0, 0.05) is 0 Å². The Kier molecular flexibility index (Phi) is 11.1. The summed E-state index contributed by atoms with van der Waals surface area (Å²) in [6.45, 7) is 18.6. The Labute approximate surface area is 283 Å². The number of hydrogen-bond donors (Lipinski definition) is 1. The Hall–Kier alpha value is -3.96. The molecule has 0 bridgehead atoms. The largest absolute Gasteiger partial charge is 0.509 e.